The third kappa shape index (κ3) is 4.73. The second-order valence-corrected chi connectivity index (χ2v) is 10.6. The molecule has 2 aromatic carbocycles. The minimum absolute atomic E-state index is 0.492. The molecule has 0 aliphatic carbocycles. The summed E-state index contributed by atoms with van der Waals surface area (Å²) in [7, 11) is 0. The van der Waals surface area contributed by atoms with Gasteiger partial charge in [0.25, 0.3) is 0 Å². The molecule has 2 rings (SSSR count). The summed E-state index contributed by atoms with van der Waals surface area (Å²) in [6.45, 7) is 23.1. The van der Waals surface area contributed by atoms with Crippen molar-refractivity contribution in [2.24, 2.45) is 0 Å². The highest BCUT2D eigenvalue weighted by atomic mass is 79.9. The van der Waals surface area contributed by atoms with Crippen molar-refractivity contribution in [3.05, 3.63) is 56.6 Å². The predicted molar refractivity (Wildman–Crippen MR) is 130 cm³/mol. The van der Waals surface area contributed by atoms with Crippen LogP contribution in [0.4, 0.5) is 0 Å². The molecule has 0 spiro atoms. The lowest BCUT2D eigenvalue weighted by Gasteiger charge is -2.25. The van der Waals surface area contributed by atoms with Gasteiger partial charge in [0.1, 0.15) is 0 Å². The van der Waals surface area contributed by atoms with Crippen molar-refractivity contribution in [1.29, 1.82) is 0 Å². The summed E-state index contributed by atoms with van der Waals surface area (Å²) in [5.74, 6) is 2.53. The van der Waals surface area contributed by atoms with Gasteiger partial charge in [-0.2, -0.15) is 0 Å². The standard InChI is InChI=1S/C27H39Br/c1-15(2)20-11-22(16(3)4)26(23(12-20)17(5)6)21-13-24(18(7)8)27(28)25(14-21)19(9)10/h11-19H,1-10H3. The Morgan fingerprint density at radius 2 is 0.857 bits per heavy atom. The highest BCUT2D eigenvalue weighted by molar-refractivity contribution is 9.10. The van der Waals surface area contributed by atoms with Gasteiger partial charge in [0, 0.05) is 4.47 Å². The molecule has 0 heterocycles. The lowest BCUT2D eigenvalue weighted by atomic mass is 9.80. The number of hydrogen-bond acceptors (Lipinski definition) is 0. The van der Waals surface area contributed by atoms with Crippen LogP contribution in [0.3, 0.4) is 0 Å². The van der Waals surface area contributed by atoms with Crippen LogP contribution in [0.2, 0.25) is 0 Å². The first-order chi connectivity index (χ1) is 13.0. The Morgan fingerprint density at radius 3 is 1.14 bits per heavy atom. The summed E-state index contributed by atoms with van der Waals surface area (Å²) >= 11 is 3.91. The van der Waals surface area contributed by atoms with E-state index in [1.807, 2.05) is 0 Å². The first kappa shape index (κ1) is 23.2. The quantitative estimate of drug-likeness (QED) is 0.417. The molecule has 0 aliphatic heterocycles. The van der Waals surface area contributed by atoms with Gasteiger partial charge in [-0.3, -0.25) is 0 Å². The molecular weight excluding hydrogens is 404 g/mol. The minimum atomic E-state index is 0.492. The highest BCUT2D eigenvalue weighted by Gasteiger charge is 2.21. The van der Waals surface area contributed by atoms with Crippen LogP contribution in [0, 0.1) is 0 Å². The third-order valence-electron chi connectivity index (χ3n) is 5.79. The van der Waals surface area contributed by atoms with E-state index in [0.717, 1.165) is 0 Å². The minimum Gasteiger partial charge on any atom is -0.0587 e. The molecule has 0 saturated heterocycles. The molecule has 154 valence electrons. The third-order valence-corrected chi connectivity index (χ3v) is 6.71. The highest BCUT2D eigenvalue weighted by Crippen LogP contribution is 2.43. The predicted octanol–water partition coefficient (Wildman–Crippen LogP) is 9.73. The van der Waals surface area contributed by atoms with Gasteiger partial charge in [0.2, 0.25) is 0 Å². The van der Waals surface area contributed by atoms with E-state index >= 15 is 0 Å². The zero-order valence-corrected chi connectivity index (χ0v) is 21.2. The van der Waals surface area contributed by atoms with Crippen molar-refractivity contribution in [2.45, 2.75) is 98.8 Å². The smallest absolute Gasteiger partial charge is 0.0244 e. The summed E-state index contributed by atoms with van der Waals surface area (Å²) in [4.78, 5) is 0. The molecule has 2 aromatic rings. The van der Waals surface area contributed by atoms with Crippen LogP contribution in [-0.2, 0) is 0 Å². The Labute approximate surface area is 182 Å². The van der Waals surface area contributed by atoms with Gasteiger partial charge in [-0.1, -0.05) is 97.3 Å². The molecule has 0 nitrogen and oxygen atoms in total. The maximum absolute atomic E-state index is 3.91. The molecule has 0 aliphatic rings. The summed E-state index contributed by atoms with van der Waals surface area (Å²) in [6, 6.07) is 9.79. The Balaban J connectivity index is 2.93. The fraction of sp³-hybridized carbons (Fsp3) is 0.556. The van der Waals surface area contributed by atoms with Gasteiger partial charge in [-0.15, -0.1) is 0 Å². The average molecular weight is 444 g/mol. The average Bonchev–Trinajstić information content (AvgIpc) is 2.59. The van der Waals surface area contributed by atoms with Crippen molar-refractivity contribution >= 4 is 15.9 Å². The van der Waals surface area contributed by atoms with Crippen LogP contribution < -0.4 is 0 Å². The molecule has 0 unspecified atom stereocenters. The molecule has 0 aromatic heterocycles. The fourth-order valence-corrected chi connectivity index (χ4v) is 5.09. The Bertz CT molecular complexity index is 764. The largest absolute Gasteiger partial charge is 0.0587 e. The lowest BCUT2D eigenvalue weighted by Crippen LogP contribution is -2.05. The zero-order chi connectivity index (χ0) is 21.3. The summed E-state index contributed by atoms with van der Waals surface area (Å²) < 4.78 is 1.29. The Hall–Kier alpha value is -1.08. The van der Waals surface area contributed by atoms with Gasteiger partial charge < -0.3 is 0 Å². The van der Waals surface area contributed by atoms with Crippen LogP contribution in [0.1, 0.15) is 127 Å². The molecule has 0 atom stereocenters. The van der Waals surface area contributed by atoms with E-state index in [1.54, 1.807) is 0 Å². The van der Waals surface area contributed by atoms with Crippen molar-refractivity contribution in [3.63, 3.8) is 0 Å². The Kier molecular flexibility index (Phi) is 7.59. The zero-order valence-electron chi connectivity index (χ0n) is 19.6. The van der Waals surface area contributed by atoms with E-state index in [-0.39, 0.29) is 0 Å². The monoisotopic (exact) mass is 442 g/mol. The second kappa shape index (κ2) is 9.16. The summed E-state index contributed by atoms with van der Waals surface area (Å²) in [5.41, 5.74) is 10.1. The first-order valence-corrected chi connectivity index (χ1v) is 11.8. The van der Waals surface area contributed by atoms with Gasteiger partial charge in [-0.25, -0.2) is 0 Å². The molecule has 1 heteroatoms. The molecule has 0 N–H and O–H groups in total. The van der Waals surface area contributed by atoms with Crippen LogP contribution >= 0.6 is 15.9 Å². The number of hydrogen-bond donors (Lipinski definition) is 0. The van der Waals surface area contributed by atoms with Crippen LogP contribution in [0.15, 0.2) is 28.7 Å². The van der Waals surface area contributed by atoms with E-state index in [0.29, 0.717) is 29.6 Å². The van der Waals surface area contributed by atoms with Gasteiger partial charge in [-0.05, 0) is 80.7 Å². The topological polar surface area (TPSA) is 0 Å². The van der Waals surface area contributed by atoms with Crippen LogP contribution in [0.25, 0.3) is 11.1 Å². The van der Waals surface area contributed by atoms with Gasteiger partial charge in [0.15, 0.2) is 0 Å². The van der Waals surface area contributed by atoms with E-state index in [1.165, 1.54) is 43.4 Å². The second-order valence-electron chi connectivity index (χ2n) is 9.82. The summed E-state index contributed by atoms with van der Waals surface area (Å²) in [6.07, 6.45) is 0. The molecule has 0 radical (unpaired) electrons. The number of halogens is 1. The SMILES string of the molecule is CC(C)c1cc(C(C)C)c(-c2cc(C(C)C)c(Br)c(C(C)C)c2)c(C(C)C)c1. The fourth-order valence-electron chi connectivity index (χ4n) is 3.94. The molecule has 0 amide bonds. The van der Waals surface area contributed by atoms with Crippen molar-refractivity contribution in [3.8, 4) is 11.1 Å². The number of rotatable bonds is 6. The molecule has 28 heavy (non-hydrogen) atoms. The van der Waals surface area contributed by atoms with Gasteiger partial charge in [0.05, 0.1) is 0 Å². The number of benzene rings is 2. The van der Waals surface area contributed by atoms with E-state index in [4.69, 9.17) is 0 Å². The molecule has 0 bridgehead atoms. The molecule has 0 saturated carbocycles. The van der Waals surface area contributed by atoms with Crippen molar-refractivity contribution < 1.29 is 0 Å². The molecule has 0 fully saturated rings. The van der Waals surface area contributed by atoms with E-state index < -0.39 is 0 Å². The van der Waals surface area contributed by atoms with Crippen LogP contribution in [-0.4, -0.2) is 0 Å². The maximum atomic E-state index is 3.91. The van der Waals surface area contributed by atoms with Crippen molar-refractivity contribution in [2.75, 3.05) is 0 Å². The first-order valence-electron chi connectivity index (χ1n) is 11.0. The van der Waals surface area contributed by atoms with E-state index in [9.17, 15) is 0 Å². The van der Waals surface area contributed by atoms with Gasteiger partial charge >= 0.3 is 0 Å². The lowest BCUT2D eigenvalue weighted by molar-refractivity contribution is 0.805. The Morgan fingerprint density at radius 1 is 0.500 bits per heavy atom. The molecular formula is C27H39Br. The van der Waals surface area contributed by atoms with E-state index in [2.05, 4.69) is 109 Å². The van der Waals surface area contributed by atoms with Crippen LogP contribution in [0.5, 0.6) is 0 Å². The summed E-state index contributed by atoms with van der Waals surface area (Å²) in [5, 5.41) is 0. The normalized spacial score (nSPS) is 12.3. The maximum Gasteiger partial charge on any atom is 0.0244 e. The van der Waals surface area contributed by atoms with Crippen molar-refractivity contribution in [1.82, 2.24) is 0 Å².